The average molecular weight is 317 g/mol. The lowest BCUT2D eigenvalue weighted by Gasteiger charge is -2.13. The molecule has 1 amide bonds. The zero-order chi connectivity index (χ0) is 15.7. The first kappa shape index (κ1) is 14.4. The van der Waals surface area contributed by atoms with Crippen molar-refractivity contribution in [3.05, 3.63) is 64.1 Å². The molecule has 0 saturated heterocycles. The highest BCUT2D eigenvalue weighted by Crippen LogP contribution is 2.23. The number of amides is 1. The predicted octanol–water partition coefficient (Wildman–Crippen LogP) is 3.45. The molecular weight excluding hydrogens is 304 g/mol. The molecule has 1 unspecified atom stereocenters. The maximum Gasteiger partial charge on any atom is 0.420 e. The van der Waals surface area contributed by atoms with Crippen LogP contribution in [0.4, 0.5) is 5.69 Å². The summed E-state index contributed by atoms with van der Waals surface area (Å²) in [6, 6.07) is 13.2. The molecule has 22 heavy (non-hydrogen) atoms. The Morgan fingerprint density at radius 1 is 1.18 bits per heavy atom. The van der Waals surface area contributed by atoms with E-state index in [4.69, 9.17) is 16.0 Å². The number of hydrogen-bond donors (Lipinski definition) is 1. The fourth-order valence-electron chi connectivity index (χ4n) is 2.27. The molecular formula is C16H13ClN2O3. The Morgan fingerprint density at radius 2 is 1.86 bits per heavy atom. The number of halogens is 1. The van der Waals surface area contributed by atoms with Crippen LogP contribution in [-0.2, 0) is 4.79 Å². The summed E-state index contributed by atoms with van der Waals surface area (Å²) < 4.78 is 6.47. The van der Waals surface area contributed by atoms with Gasteiger partial charge in [-0.05, 0) is 31.2 Å². The highest BCUT2D eigenvalue weighted by atomic mass is 35.5. The largest absolute Gasteiger partial charge is 0.420 e. The second-order valence-electron chi connectivity index (χ2n) is 4.85. The molecule has 0 fully saturated rings. The van der Waals surface area contributed by atoms with Crippen LogP contribution in [-0.4, -0.2) is 10.5 Å². The van der Waals surface area contributed by atoms with Gasteiger partial charge in [-0.15, -0.1) is 0 Å². The lowest BCUT2D eigenvalue weighted by molar-refractivity contribution is -0.118. The lowest BCUT2D eigenvalue weighted by Crippen LogP contribution is -2.29. The van der Waals surface area contributed by atoms with Crippen LogP contribution in [0.25, 0.3) is 11.1 Å². The zero-order valence-corrected chi connectivity index (χ0v) is 12.5. The Hall–Kier alpha value is -2.53. The summed E-state index contributed by atoms with van der Waals surface area (Å²) in [6.07, 6.45) is 0. The van der Waals surface area contributed by atoms with Gasteiger partial charge in [0.25, 0.3) is 0 Å². The van der Waals surface area contributed by atoms with Crippen LogP contribution in [0, 0.1) is 0 Å². The average Bonchev–Trinajstić information content (AvgIpc) is 2.84. The number of benzene rings is 2. The summed E-state index contributed by atoms with van der Waals surface area (Å²) in [5.41, 5.74) is 1.53. The number of fused-ring (bicyclic) bond motifs is 1. The summed E-state index contributed by atoms with van der Waals surface area (Å²) in [4.78, 5) is 24.4. The van der Waals surface area contributed by atoms with E-state index in [9.17, 15) is 9.59 Å². The first-order valence-electron chi connectivity index (χ1n) is 6.73. The molecule has 3 rings (SSSR count). The van der Waals surface area contributed by atoms with Crippen LogP contribution in [0.3, 0.4) is 0 Å². The van der Waals surface area contributed by atoms with Crippen molar-refractivity contribution in [1.29, 1.82) is 0 Å². The number of nitrogens with one attached hydrogen (secondary N) is 1. The van der Waals surface area contributed by atoms with Gasteiger partial charge in [-0.3, -0.25) is 9.36 Å². The van der Waals surface area contributed by atoms with Gasteiger partial charge in [0.2, 0.25) is 5.91 Å². The minimum atomic E-state index is -0.729. The molecule has 1 heterocycles. The van der Waals surface area contributed by atoms with Gasteiger partial charge in [-0.25, -0.2) is 4.79 Å². The molecule has 112 valence electrons. The van der Waals surface area contributed by atoms with Crippen molar-refractivity contribution in [2.75, 3.05) is 5.32 Å². The minimum Gasteiger partial charge on any atom is -0.408 e. The highest BCUT2D eigenvalue weighted by molar-refractivity contribution is 6.33. The van der Waals surface area contributed by atoms with Gasteiger partial charge >= 0.3 is 5.76 Å². The van der Waals surface area contributed by atoms with Gasteiger partial charge in [0.05, 0.1) is 16.2 Å². The van der Waals surface area contributed by atoms with Gasteiger partial charge in [-0.1, -0.05) is 35.9 Å². The fraction of sp³-hybridized carbons (Fsp3) is 0.125. The molecule has 0 radical (unpaired) electrons. The minimum absolute atomic E-state index is 0.346. The van der Waals surface area contributed by atoms with E-state index < -0.39 is 11.8 Å². The summed E-state index contributed by atoms with van der Waals surface area (Å²) >= 11 is 6.02. The molecule has 3 aromatic rings. The standard InChI is InChI=1S/C16H13ClN2O3/c1-10(15(20)18-12-7-3-2-6-11(12)17)19-13-8-4-5-9-14(13)22-16(19)21/h2-10H,1H3,(H,18,20). The van der Waals surface area contributed by atoms with E-state index in [1.807, 2.05) is 0 Å². The zero-order valence-electron chi connectivity index (χ0n) is 11.7. The third-order valence-electron chi connectivity index (χ3n) is 3.42. The number of rotatable bonds is 3. The van der Waals surface area contributed by atoms with Gasteiger partial charge in [0.15, 0.2) is 5.58 Å². The van der Waals surface area contributed by atoms with Crippen LogP contribution in [0.5, 0.6) is 0 Å². The van der Waals surface area contributed by atoms with E-state index in [0.717, 1.165) is 0 Å². The second kappa shape index (κ2) is 5.69. The SMILES string of the molecule is CC(C(=O)Nc1ccccc1Cl)n1c(=O)oc2ccccc21. The first-order chi connectivity index (χ1) is 10.6. The Morgan fingerprint density at radius 3 is 2.64 bits per heavy atom. The van der Waals surface area contributed by atoms with E-state index in [1.54, 1.807) is 55.5 Å². The van der Waals surface area contributed by atoms with Gasteiger partial charge in [-0.2, -0.15) is 0 Å². The molecule has 1 atom stereocenters. The van der Waals surface area contributed by atoms with Crippen molar-refractivity contribution in [2.45, 2.75) is 13.0 Å². The number of carbonyl (C=O) groups is 1. The molecule has 0 aliphatic carbocycles. The summed E-state index contributed by atoms with van der Waals surface area (Å²) in [6.45, 7) is 1.63. The molecule has 1 N–H and O–H groups in total. The van der Waals surface area contributed by atoms with Crippen molar-refractivity contribution in [3.8, 4) is 0 Å². The van der Waals surface area contributed by atoms with Crippen molar-refractivity contribution in [2.24, 2.45) is 0 Å². The third kappa shape index (κ3) is 2.51. The quantitative estimate of drug-likeness (QED) is 0.805. The van der Waals surface area contributed by atoms with Crippen LogP contribution >= 0.6 is 11.6 Å². The molecule has 0 saturated carbocycles. The molecule has 6 heteroatoms. The number of aromatic nitrogens is 1. The number of para-hydroxylation sites is 3. The third-order valence-corrected chi connectivity index (χ3v) is 3.75. The fourth-order valence-corrected chi connectivity index (χ4v) is 2.45. The van der Waals surface area contributed by atoms with Crippen LogP contribution in [0.15, 0.2) is 57.7 Å². The number of oxazole rings is 1. The monoisotopic (exact) mass is 316 g/mol. The van der Waals surface area contributed by atoms with Crippen LogP contribution < -0.4 is 11.1 Å². The topological polar surface area (TPSA) is 64.2 Å². The van der Waals surface area contributed by atoms with Crippen molar-refractivity contribution in [3.63, 3.8) is 0 Å². The van der Waals surface area contributed by atoms with Gasteiger partial charge in [0, 0.05) is 0 Å². The maximum atomic E-state index is 12.4. The smallest absolute Gasteiger partial charge is 0.408 e. The van der Waals surface area contributed by atoms with Crippen molar-refractivity contribution >= 4 is 34.3 Å². The van der Waals surface area contributed by atoms with Crippen LogP contribution in [0.2, 0.25) is 5.02 Å². The second-order valence-corrected chi connectivity index (χ2v) is 5.26. The van der Waals surface area contributed by atoms with E-state index >= 15 is 0 Å². The Kier molecular flexibility index (Phi) is 3.73. The lowest BCUT2D eigenvalue weighted by atomic mass is 10.2. The molecule has 0 bridgehead atoms. The highest BCUT2D eigenvalue weighted by Gasteiger charge is 2.21. The normalized spacial score (nSPS) is 12.3. The Bertz CT molecular complexity index is 898. The van der Waals surface area contributed by atoms with E-state index in [2.05, 4.69) is 5.32 Å². The van der Waals surface area contributed by atoms with E-state index in [-0.39, 0.29) is 5.91 Å². The Balaban J connectivity index is 1.94. The van der Waals surface area contributed by atoms with Crippen LogP contribution in [0.1, 0.15) is 13.0 Å². The predicted molar refractivity (Wildman–Crippen MR) is 85.3 cm³/mol. The summed E-state index contributed by atoms with van der Waals surface area (Å²) in [5, 5.41) is 3.16. The molecule has 0 spiro atoms. The molecule has 5 nitrogen and oxygen atoms in total. The Labute approximate surface area is 131 Å². The first-order valence-corrected chi connectivity index (χ1v) is 7.11. The summed E-state index contributed by atoms with van der Waals surface area (Å²) in [7, 11) is 0. The van der Waals surface area contributed by atoms with E-state index in [0.29, 0.717) is 21.8 Å². The number of hydrogen-bond acceptors (Lipinski definition) is 3. The van der Waals surface area contributed by atoms with Gasteiger partial charge < -0.3 is 9.73 Å². The number of carbonyl (C=O) groups excluding carboxylic acids is 1. The van der Waals surface area contributed by atoms with Crippen molar-refractivity contribution in [1.82, 2.24) is 4.57 Å². The van der Waals surface area contributed by atoms with Gasteiger partial charge in [0.1, 0.15) is 6.04 Å². The maximum absolute atomic E-state index is 12.4. The van der Waals surface area contributed by atoms with E-state index in [1.165, 1.54) is 4.57 Å². The molecule has 0 aliphatic heterocycles. The summed E-state index contributed by atoms with van der Waals surface area (Å²) in [5.74, 6) is -0.912. The molecule has 0 aliphatic rings. The molecule has 1 aromatic heterocycles. The van der Waals surface area contributed by atoms with Crippen molar-refractivity contribution < 1.29 is 9.21 Å². The molecule has 2 aromatic carbocycles. The number of nitrogens with zero attached hydrogens (tertiary/aromatic N) is 1. The number of anilines is 1.